The fourth-order valence-corrected chi connectivity index (χ4v) is 3.19. The molecule has 126 valence electrons. The number of nitrogens with two attached hydrogens (primary N) is 1. The van der Waals surface area contributed by atoms with E-state index in [4.69, 9.17) is 5.73 Å². The molecule has 0 aliphatic carbocycles. The summed E-state index contributed by atoms with van der Waals surface area (Å²) < 4.78 is 24.5. The van der Waals surface area contributed by atoms with Crippen LogP contribution >= 0.6 is 24.0 Å². The van der Waals surface area contributed by atoms with Crippen LogP contribution in [0.25, 0.3) is 0 Å². The zero-order valence-electron chi connectivity index (χ0n) is 13.3. The Balaban J connectivity index is 0.00000400. The second-order valence-corrected chi connectivity index (χ2v) is 7.87. The average molecular weight is 432 g/mol. The van der Waals surface area contributed by atoms with Crippen LogP contribution in [0.15, 0.2) is 4.99 Å². The van der Waals surface area contributed by atoms with Crippen LogP contribution in [0.5, 0.6) is 0 Å². The molecule has 1 heterocycles. The Labute approximate surface area is 146 Å². The highest BCUT2D eigenvalue weighted by Gasteiger charge is 2.17. The van der Waals surface area contributed by atoms with Gasteiger partial charge in [-0.2, -0.15) is 0 Å². The number of guanidine groups is 1. The molecule has 1 rings (SSSR count). The van der Waals surface area contributed by atoms with Gasteiger partial charge in [0.15, 0.2) is 5.96 Å². The van der Waals surface area contributed by atoms with Crippen molar-refractivity contribution in [3.8, 4) is 0 Å². The van der Waals surface area contributed by atoms with E-state index in [1.807, 2.05) is 0 Å². The highest BCUT2D eigenvalue weighted by atomic mass is 127. The Morgan fingerprint density at radius 3 is 2.71 bits per heavy atom. The summed E-state index contributed by atoms with van der Waals surface area (Å²) in [5, 5.41) is 0. The molecule has 21 heavy (non-hydrogen) atoms. The zero-order valence-corrected chi connectivity index (χ0v) is 16.4. The van der Waals surface area contributed by atoms with Gasteiger partial charge in [0.2, 0.25) is 10.0 Å². The van der Waals surface area contributed by atoms with Gasteiger partial charge in [-0.1, -0.05) is 6.92 Å². The van der Waals surface area contributed by atoms with E-state index in [2.05, 4.69) is 16.8 Å². The van der Waals surface area contributed by atoms with Gasteiger partial charge in [0.25, 0.3) is 0 Å². The Kier molecular flexibility index (Phi) is 9.79. The molecule has 8 heteroatoms. The molecular formula is C13H29IN4O2S. The van der Waals surface area contributed by atoms with Crippen LogP contribution in [0, 0.1) is 5.92 Å². The number of piperidine rings is 1. The minimum Gasteiger partial charge on any atom is -0.370 e. The van der Waals surface area contributed by atoms with E-state index in [0.717, 1.165) is 19.5 Å². The first-order chi connectivity index (χ1) is 9.36. The van der Waals surface area contributed by atoms with Crippen LogP contribution in [-0.4, -0.2) is 62.6 Å². The molecule has 1 aliphatic heterocycles. The average Bonchev–Trinajstić information content (AvgIpc) is 2.42. The monoisotopic (exact) mass is 432 g/mol. The fourth-order valence-electron chi connectivity index (χ4n) is 2.34. The Hall–Kier alpha value is -0.0900. The van der Waals surface area contributed by atoms with Crippen molar-refractivity contribution in [2.75, 3.05) is 39.0 Å². The molecular weight excluding hydrogens is 403 g/mol. The van der Waals surface area contributed by atoms with E-state index in [1.54, 1.807) is 14.0 Å². The minimum atomic E-state index is -3.08. The molecule has 0 bridgehead atoms. The molecule has 0 amide bonds. The lowest BCUT2D eigenvalue weighted by molar-refractivity contribution is 0.270. The largest absolute Gasteiger partial charge is 0.370 e. The second-order valence-electron chi connectivity index (χ2n) is 5.51. The lowest BCUT2D eigenvalue weighted by Crippen LogP contribution is -2.43. The first-order valence-corrected chi connectivity index (χ1v) is 8.96. The first-order valence-electron chi connectivity index (χ1n) is 7.35. The van der Waals surface area contributed by atoms with E-state index < -0.39 is 10.0 Å². The molecule has 1 fully saturated rings. The normalized spacial score (nSPS) is 20.5. The second kappa shape index (κ2) is 9.83. The van der Waals surface area contributed by atoms with E-state index in [-0.39, 0.29) is 29.7 Å². The van der Waals surface area contributed by atoms with Gasteiger partial charge in [0.05, 0.1) is 5.75 Å². The zero-order chi connectivity index (χ0) is 15.2. The van der Waals surface area contributed by atoms with Gasteiger partial charge >= 0.3 is 0 Å². The molecule has 0 spiro atoms. The molecule has 0 aromatic heterocycles. The summed E-state index contributed by atoms with van der Waals surface area (Å²) in [5.41, 5.74) is 5.98. The molecule has 1 unspecified atom stereocenters. The summed E-state index contributed by atoms with van der Waals surface area (Å²) >= 11 is 0. The lowest BCUT2D eigenvalue weighted by atomic mass is 10.0. The smallest absolute Gasteiger partial charge is 0.213 e. The molecule has 1 atom stereocenters. The van der Waals surface area contributed by atoms with Gasteiger partial charge in [-0.3, -0.25) is 4.99 Å². The summed E-state index contributed by atoms with van der Waals surface area (Å²) in [5.74, 6) is 1.40. The van der Waals surface area contributed by atoms with Gasteiger partial charge in [0.1, 0.15) is 0 Å². The molecule has 0 aromatic rings. The van der Waals surface area contributed by atoms with E-state index >= 15 is 0 Å². The molecule has 1 aliphatic rings. The maximum atomic E-state index is 11.6. The fraction of sp³-hybridized carbons (Fsp3) is 0.923. The third-order valence-corrected chi connectivity index (χ3v) is 5.59. The van der Waals surface area contributed by atoms with Crippen molar-refractivity contribution in [1.82, 2.24) is 9.21 Å². The molecule has 1 saturated heterocycles. The summed E-state index contributed by atoms with van der Waals surface area (Å²) in [7, 11) is -1.47. The van der Waals surface area contributed by atoms with Gasteiger partial charge in [-0.15, -0.1) is 24.0 Å². The summed E-state index contributed by atoms with van der Waals surface area (Å²) in [6.07, 6.45) is 3.11. The maximum Gasteiger partial charge on any atom is 0.213 e. The summed E-state index contributed by atoms with van der Waals surface area (Å²) in [6.45, 7) is 6.89. The standard InChI is InChI=1S/C13H28N4O2S.HI/c1-4-20(18,19)16(3)9-6-8-15-13(14)17-10-5-7-12(2)11-17;/h12H,4-11H2,1-3H3,(H2,14,15);1H. The number of aliphatic imine (C=N–C) groups is 1. The quantitative estimate of drug-likeness (QED) is 0.297. The predicted octanol–water partition coefficient (Wildman–Crippen LogP) is 1.32. The van der Waals surface area contributed by atoms with Crippen molar-refractivity contribution in [1.29, 1.82) is 0 Å². The SMILES string of the molecule is CCS(=O)(=O)N(C)CCCN=C(N)N1CCCC(C)C1.I. The van der Waals surface area contributed by atoms with Crippen molar-refractivity contribution in [2.24, 2.45) is 16.6 Å². The van der Waals surface area contributed by atoms with Crippen LogP contribution in [-0.2, 0) is 10.0 Å². The Morgan fingerprint density at radius 1 is 1.48 bits per heavy atom. The molecule has 2 N–H and O–H groups in total. The number of halogens is 1. The number of nitrogens with zero attached hydrogens (tertiary/aromatic N) is 3. The summed E-state index contributed by atoms with van der Waals surface area (Å²) in [4.78, 5) is 6.49. The van der Waals surface area contributed by atoms with Gasteiger partial charge in [-0.05, 0) is 32.1 Å². The van der Waals surface area contributed by atoms with Crippen LogP contribution < -0.4 is 5.73 Å². The summed E-state index contributed by atoms with van der Waals surface area (Å²) in [6, 6.07) is 0. The van der Waals surface area contributed by atoms with Crippen molar-refractivity contribution in [3.05, 3.63) is 0 Å². The third-order valence-electron chi connectivity index (χ3n) is 3.73. The predicted molar refractivity (Wildman–Crippen MR) is 98.6 cm³/mol. The number of hydrogen-bond donors (Lipinski definition) is 1. The number of rotatable bonds is 6. The first kappa shape index (κ1) is 20.9. The van der Waals surface area contributed by atoms with Crippen molar-refractivity contribution in [3.63, 3.8) is 0 Å². The Morgan fingerprint density at radius 2 is 2.14 bits per heavy atom. The number of hydrogen-bond acceptors (Lipinski definition) is 3. The van der Waals surface area contributed by atoms with Crippen molar-refractivity contribution >= 4 is 40.0 Å². The van der Waals surface area contributed by atoms with Gasteiger partial charge < -0.3 is 10.6 Å². The molecule has 6 nitrogen and oxygen atoms in total. The van der Waals surface area contributed by atoms with Crippen molar-refractivity contribution < 1.29 is 8.42 Å². The molecule has 0 radical (unpaired) electrons. The van der Waals surface area contributed by atoms with Crippen LogP contribution in [0.2, 0.25) is 0 Å². The highest BCUT2D eigenvalue weighted by molar-refractivity contribution is 14.0. The van der Waals surface area contributed by atoms with E-state index in [9.17, 15) is 8.42 Å². The lowest BCUT2D eigenvalue weighted by Gasteiger charge is -2.31. The van der Waals surface area contributed by atoms with Crippen LogP contribution in [0.3, 0.4) is 0 Å². The topological polar surface area (TPSA) is 79.0 Å². The van der Waals surface area contributed by atoms with Gasteiger partial charge in [0, 0.05) is 33.2 Å². The molecule has 0 aromatic carbocycles. The highest BCUT2D eigenvalue weighted by Crippen LogP contribution is 2.14. The third kappa shape index (κ3) is 7.14. The molecule has 0 saturated carbocycles. The van der Waals surface area contributed by atoms with E-state index in [1.165, 1.54) is 10.7 Å². The Bertz CT molecular complexity index is 428. The maximum absolute atomic E-state index is 11.6. The number of likely N-dealkylation sites (tertiary alicyclic amines) is 1. The van der Waals surface area contributed by atoms with Crippen LogP contribution in [0.1, 0.15) is 33.1 Å². The van der Waals surface area contributed by atoms with Crippen molar-refractivity contribution in [2.45, 2.75) is 33.1 Å². The van der Waals surface area contributed by atoms with Crippen LogP contribution in [0.4, 0.5) is 0 Å². The minimum absolute atomic E-state index is 0. The van der Waals surface area contributed by atoms with E-state index in [0.29, 0.717) is 31.4 Å². The number of sulfonamides is 1. The van der Waals surface area contributed by atoms with Gasteiger partial charge in [-0.25, -0.2) is 12.7 Å².